The van der Waals surface area contributed by atoms with Crippen molar-refractivity contribution in [1.29, 1.82) is 0 Å². The zero-order valence-corrected chi connectivity index (χ0v) is 20.3. The summed E-state index contributed by atoms with van der Waals surface area (Å²) in [5.74, 6) is -1.66. The highest BCUT2D eigenvalue weighted by Gasteiger charge is 2.17. The second-order valence-corrected chi connectivity index (χ2v) is 7.93. The molecule has 0 spiro atoms. The van der Waals surface area contributed by atoms with Gasteiger partial charge in [-0.15, -0.1) is 0 Å². The molecule has 3 rings (SSSR count). The summed E-state index contributed by atoms with van der Waals surface area (Å²) in [4.78, 5) is 37.1. The summed E-state index contributed by atoms with van der Waals surface area (Å²) in [5.41, 5.74) is 6.84. The highest BCUT2D eigenvalue weighted by Crippen LogP contribution is 2.29. The Labute approximate surface area is 204 Å². The van der Waals surface area contributed by atoms with Gasteiger partial charge >= 0.3 is 17.8 Å². The van der Waals surface area contributed by atoms with E-state index in [0.717, 1.165) is 16.7 Å². The lowest BCUT2D eigenvalue weighted by atomic mass is 10.1. The zero-order chi connectivity index (χ0) is 25.5. The van der Waals surface area contributed by atoms with E-state index in [2.05, 4.69) is 15.8 Å². The molecular weight excluding hydrogens is 446 g/mol. The predicted molar refractivity (Wildman–Crippen MR) is 134 cm³/mol. The van der Waals surface area contributed by atoms with Crippen molar-refractivity contribution in [2.45, 2.75) is 27.7 Å². The number of amides is 2. The van der Waals surface area contributed by atoms with E-state index >= 15 is 0 Å². The first kappa shape index (κ1) is 25.2. The SMILES string of the molecule is COc1cc(C(C)=NNC(=O)C(=O)Nc2c(C)cccc2C)ccc1OC(=O)c1ccccc1C. The fraction of sp³-hybridized carbons (Fsp3) is 0.185. The molecule has 180 valence electrons. The molecular formula is C27H27N3O5. The number of carbonyl (C=O) groups excluding carboxylic acids is 3. The standard InChI is InChI=1S/C27H27N3O5/c1-16-9-6-7-12-21(16)27(33)35-22-14-13-20(15-23(22)34-5)19(4)29-30-26(32)25(31)28-24-17(2)10-8-11-18(24)3/h6-15H,1-5H3,(H,28,31)(H,30,32). The summed E-state index contributed by atoms with van der Waals surface area (Å²) in [6.07, 6.45) is 0. The van der Waals surface area contributed by atoms with Crippen LogP contribution in [0.1, 0.15) is 39.5 Å². The Balaban J connectivity index is 1.69. The summed E-state index contributed by atoms with van der Waals surface area (Å²) in [7, 11) is 1.45. The van der Waals surface area contributed by atoms with E-state index in [1.807, 2.05) is 51.1 Å². The number of carbonyl (C=O) groups is 3. The number of aryl methyl sites for hydroxylation is 3. The molecule has 8 heteroatoms. The minimum absolute atomic E-state index is 0.245. The molecule has 8 nitrogen and oxygen atoms in total. The van der Waals surface area contributed by atoms with E-state index < -0.39 is 17.8 Å². The molecule has 0 saturated carbocycles. The number of ether oxygens (including phenoxy) is 2. The number of nitrogens with zero attached hydrogens (tertiary/aromatic N) is 1. The van der Waals surface area contributed by atoms with Crippen LogP contribution in [0.3, 0.4) is 0 Å². The van der Waals surface area contributed by atoms with E-state index in [4.69, 9.17) is 9.47 Å². The van der Waals surface area contributed by atoms with Gasteiger partial charge in [0.2, 0.25) is 0 Å². The van der Waals surface area contributed by atoms with E-state index in [1.165, 1.54) is 7.11 Å². The molecule has 2 amide bonds. The third kappa shape index (κ3) is 6.11. The van der Waals surface area contributed by atoms with Gasteiger partial charge in [-0.25, -0.2) is 10.2 Å². The van der Waals surface area contributed by atoms with Gasteiger partial charge < -0.3 is 14.8 Å². The first-order valence-electron chi connectivity index (χ1n) is 10.9. The van der Waals surface area contributed by atoms with E-state index in [0.29, 0.717) is 28.3 Å². The molecule has 0 aliphatic rings. The quantitative estimate of drug-likeness (QED) is 0.182. The van der Waals surface area contributed by atoms with Crippen molar-refractivity contribution < 1.29 is 23.9 Å². The topological polar surface area (TPSA) is 106 Å². The van der Waals surface area contributed by atoms with Gasteiger partial charge in [0.15, 0.2) is 11.5 Å². The molecule has 3 aromatic carbocycles. The Morgan fingerprint density at radius 1 is 0.800 bits per heavy atom. The molecule has 0 fully saturated rings. The maximum absolute atomic E-state index is 12.5. The van der Waals surface area contributed by atoms with E-state index in [1.54, 1.807) is 37.3 Å². The molecule has 0 radical (unpaired) electrons. The van der Waals surface area contributed by atoms with Gasteiger partial charge in [-0.1, -0.05) is 36.4 Å². The van der Waals surface area contributed by atoms with Crippen molar-refractivity contribution in [3.63, 3.8) is 0 Å². The first-order chi connectivity index (χ1) is 16.7. The van der Waals surface area contributed by atoms with Crippen LogP contribution in [0.25, 0.3) is 0 Å². The maximum atomic E-state index is 12.5. The summed E-state index contributed by atoms with van der Waals surface area (Å²) < 4.78 is 10.9. The van der Waals surface area contributed by atoms with Gasteiger partial charge in [0, 0.05) is 11.3 Å². The molecule has 0 atom stereocenters. The number of benzene rings is 3. The van der Waals surface area contributed by atoms with Crippen molar-refractivity contribution in [3.05, 3.63) is 88.5 Å². The van der Waals surface area contributed by atoms with Crippen LogP contribution < -0.4 is 20.2 Å². The van der Waals surface area contributed by atoms with Crippen LogP contribution in [0.2, 0.25) is 0 Å². The van der Waals surface area contributed by atoms with Gasteiger partial charge in [-0.05, 0) is 68.7 Å². The van der Waals surface area contributed by atoms with Crippen LogP contribution in [0, 0.1) is 20.8 Å². The second kappa shape index (κ2) is 11.1. The molecule has 0 heterocycles. The predicted octanol–water partition coefficient (Wildman–Crippen LogP) is 4.32. The first-order valence-corrected chi connectivity index (χ1v) is 10.9. The van der Waals surface area contributed by atoms with Crippen molar-refractivity contribution in [3.8, 4) is 11.5 Å². The summed E-state index contributed by atoms with van der Waals surface area (Å²) in [5, 5.41) is 6.63. The summed E-state index contributed by atoms with van der Waals surface area (Å²) in [6, 6.07) is 17.6. The largest absolute Gasteiger partial charge is 0.493 e. The fourth-order valence-corrected chi connectivity index (χ4v) is 3.37. The van der Waals surface area contributed by atoms with Gasteiger partial charge in [0.1, 0.15) is 0 Å². The number of anilines is 1. The van der Waals surface area contributed by atoms with Crippen molar-refractivity contribution in [2.24, 2.45) is 5.10 Å². The summed E-state index contributed by atoms with van der Waals surface area (Å²) >= 11 is 0. The van der Waals surface area contributed by atoms with Crippen molar-refractivity contribution in [2.75, 3.05) is 12.4 Å². The minimum atomic E-state index is -0.900. The van der Waals surface area contributed by atoms with Crippen LogP contribution in [-0.2, 0) is 9.59 Å². The number of para-hydroxylation sites is 1. The average Bonchev–Trinajstić information content (AvgIpc) is 2.84. The van der Waals surface area contributed by atoms with Crippen LogP contribution in [0.4, 0.5) is 5.69 Å². The third-order valence-corrected chi connectivity index (χ3v) is 5.40. The van der Waals surface area contributed by atoms with Crippen molar-refractivity contribution >= 4 is 29.2 Å². The Kier molecular flexibility index (Phi) is 7.99. The zero-order valence-electron chi connectivity index (χ0n) is 20.3. The third-order valence-electron chi connectivity index (χ3n) is 5.40. The lowest BCUT2D eigenvalue weighted by Crippen LogP contribution is -2.33. The Bertz CT molecular complexity index is 1290. The number of hydrazone groups is 1. The van der Waals surface area contributed by atoms with Crippen LogP contribution >= 0.6 is 0 Å². The smallest absolute Gasteiger partial charge is 0.343 e. The van der Waals surface area contributed by atoms with Gasteiger partial charge in [-0.3, -0.25) is 9.59 Å². The molecule has 2 N–H and O–H groups in total. The van der Waals surface area contributed by atoms with Gasteiger partial charge in [0.05, 0.1) is 18.4 Å². The number of esters is 1. The monoisotopic (exact) mass is 473 g/mol. The number of methoxy groups -OCH3 is 1. The molecule has 0 aliphatic heterocycles. The molecule has 0 bridgehead atoms. The highest BCUT2D eigenvalue weighted by molar-refractivity contribution is 6.39. The number of hydrogen-bond donors (Lipinski definition) is 2. The molecule has 0 unspecified atom stereocenters. The molecule has 0 aromatic heterocycles. The van der Waals surface area contributed by atoms with Gasteiger partial charge in [0.25, 0.3) is 0 Å². The van der Waals surface area contributed by atoms with Gasteiger partial charge in [-0.2, -0.15) is 5.10 Å². The Hall–Kier alpha value is -4.46. The molecule has 3 aromatic rings. The normalized spacial score (nSPS) is 10.9. The van der Waals surface area contributed by atoms with Crippen LogP contribution in [-0.4, -0.2) is 30.6 Å². The maximum Gasteiger partial charge on any atom is 0.343 e. The van der Waals surface area contributed by atoms with Crippen LogP contribution in [0.5, 0.6) is 11.5 Å². The molecule has 0 saturated heterocycles. The van der Waals surface area contributed by atoms with Crippen LogP contribution in [0.15, 0.2) is 65.8 Å². The Morgan fingerprint density at radius 3 is 2.11 bits per heavy atom. The minimum Gasteiger partial charge on any atom is -0.493 e. The van der Waals surface area contributed by atoms with Crippen molar-refractivity contribution in [1.82, 2.24) is 5.43 Å². The second-order valence-electron chi connectivity index (χ2n) is 7.93. The highest BCUT2D eigenvalue weighted by atomic mass is 16.6. The van der Waals surface area contributed by atoms with E-state index in [-0.39, 0.29) is 5.75 Å². The average molecular weight is 474 g/mol. The molecule has 35 heavy (non-hydrogen) atoms. The number of hydrogen-bond acceptors (Lipinski definition) is 6. The summed E-state index contributed by atoms with van der Waals surface area (Å²) in [6.45, 7) is 7.18. The molecule has 0 aliphatic carbocycles. The number of rotatable bonds is 6. The van der Waals surface area contributed by atoms with E-state index in [9.17, 15) is 14.4 Å². The fourth-order valence-electron chi connectivity index (χ4n) is 3.37. The Morgan fingerprint density at radius 2 is 1.46 bits per heavy atom. The number of nitrogens with one attached hydrogen (secondary N) is 2. The lowest BCUT2D eigenvalue weighted by Gasteiger charge is -2.12. The lowest BCUT2D eigenvalue weighted by molar-refractivity contribution is -0.136.